The van der Waals surface area contributed by atoms with E-state index in [4.69, 9.17) is 4.74 Å². The Bertz CT molecular complexity index is 427. The summed E-state index contributed by atoms with van der Waals surface area (Å²) >= 11 is 0. The molecule has 25 heavy (non-hydrogen) atoms. The third-order valence-corrected chi connectivity index (χ3v) is 4.60. The van der Waals surface area contributed by atoms with E-state index in [0.717, 1.165) is 64.9 Å². The van der Waals surface area contributed by atoms with Crippen LogP contribution in [0.2, 0.25) is 0 Å². The van der Waals surface area contributed by atoms with Crippen molar-refractivity contribution in [3.8, 4) is 0 Å². The predicted molar refractivity (Wildman–Crippen MR) is 112 cm³/mol. The third-order valence-electron chi connectivity index (χ3n) is 4.60. The van der Waals surface area contributed by atoms with Gasteiger partial charge in [0.1, 0.15) is 6.54 Å². The molecule has 2 heterocycles. The van der Waals surface area contributed by atoms with Gasteiger partial charge in [0.15, 0.2) is 5.96 Å². The van der Waals surface area contributed by atoms with E-state index in [1.165, 1.54) is 6.42 Å². The van der Waals surface area contributed by atoms with Crippen LogP contribution in [0, 0.1) is 5.92 Å². The third kappa shape index (κ3) is 7.65. The number of amides is 1. The van der Waals surface area contributed by atoms with Crippen LogP contribution in [0.4, 0.5) is 0 Å². The molecule has 1 atom stereocenters. The number of hydrogen-bond acceptors (Lipinski definition) is 4. The minimum atomic E-state index is 0. The molecule has 8 heteroatoms. The number of aliphatic imine (C=N–C) groups is 1. The number of carbonyl (C=O) groups excluding carboxylic acids is 1. The van der Waals surface area contributed by atoms with E-state index >= 15 is 0 Å². The van der Waals surface area contributed by atoms with Gasteiger partial charge in [0.2, 0.25) is 5.91 Å². The highest BCUT2D eigenvalue weighted by molar-refractivity contribution is 14.0. The summed E-state index contributed by atoms with van der Waals surface area (Å²) in [6, 6.07) is 0. The summed E-state index contributed by atoms with van der Waals surface area (Å²) in [6.45, 7) is 10.2. The van der Waals surface area contributed by atoms with Gasteiger partial charge >= 0.3 is 0 Å². The molecule has 1 N–H and O–H groups in total. The summed E-state index contributed by atoms with van der Waals surface area (Å²) < 4.78 is 5.42. The Balaban J connectivity index is 0.00000312. The highest BCUT2D eigenvalue weighted by Gasteiger charge is 2.27. The summed E-state index contributed by atoms with van der Waals surface area (Å²) in [5.41, 5.74) is 0. The van der Waals surface area contributed by atoms with Crippen LogP contribution < -0.4 is 5.32 Å². The predicted octanol–water partition coefficient (Wildman–Crippen LogP) is 0.702. The molecule has 0 aromatic rings. The number of ether oxygens (including phenoxy) is 1. The standard InChI is InChI=1S/C17H33N5O2.HI/c1-4-6-18-17(19-12-16(23)20(2)3)22-7-5-15(14-22)13-21-8-10-24-11-9-21;/h15H,4-14H2,1-3H3,(H,18,19);1H. The number of hydrogen-bond donors (Lipinski definition) is 1. The molecule has 0 radical (unpaired) electrons. The molecule has 0 saturated carbocycles. The molecule has 0 aromatic heterocycles. The van der Waals surface area contributed by atoms with E-state index in [-0.39, 0.29) is 36.4 Å². The first-order chi connectivity index (χ1) is 11.6. The topological polar surface area (TPSA) is 60.4 Å². The second-order valence-electron chi connectivity index (χ2n) is 6.87. The van der Waals surface area contributed by atoms with E-state index in [9.17, 15) is 4.79 Å². The SMILES string of the molecule is CCCNC(=NCC(=O)N(C)C)N1CCC(CN2CCOCC2)C1.I. The normalized spacial score (nSPS) is 21.8. The second-order valence-corrected chi connectivity index (χ2v) is 6.87. The number of likely N-dealkylation sites (tertiary alicyclic amines) is 1. The van der Waals surface area contributed by atoms with Gasteiger partial charge in [0.25, 0.3) is 0 Å². The van der Waals surface area contributed by atoms with E-state index in [2.05, 4.69) is 27.0 Å². The van der Waals surface area contributed by atoms with Crippen molar-refractivity contribution >= 4 is 35.8 Å². The maximum Gasteiger partial charge on any atom is 0.243 e. The highest BCUT2D eigenvalue weighted by atomic mass is 127. The lowest BCUT2D eigenvalue weighted by Crippen LogP contribution is -2.43. The van der Waals surface area contributed by atoms with Crippen molar-refractivity contribution in [3.63, 3.8) is 0 Å². The molecular weight excluding hydrogens is 433 g/mol. The number of likely N-dealkylation sites (N-methyl/N-ethyl adjacent to an activating group) is 1. The Morgan fingerprint density at radius 2 is 2.00 bits per heavy atom. The van der Waals surface area contributed by atoms with Crippen LogP contribution in [0.1, 0.15) is 19.8 Å². The lowest BCUT2D eigenvalue weighted by Gasteiger charge is -2.29. The highest BCUT2D eigenvalue weighted by Crippen LogP contribution is 2.18. The van der Waals surface area contributed by atoms with Gasteiger partial charge in [-0.25, -0.2) is 4.99 Å². The first-order valence-corrected chi connectivity index (χ1v) is 9.13. The summed E-state index contributed by atoms with van der Waals surface area (Å²) in [4.78, 5) is 22.8. The average molecular weight is 467 g/mol. The fourth-order valence-corrected chi connectivity index (χ4v) is 3.11. The molecule has 2 fully saturated rings. The molecule has 2 rings (SSSR count). The van der Waals surface area contributed by atoms with Crippen LogP contribution in [-0.4, -0.2) is 99.7 Å². The Labute approximate surface area is 169 Å². The lowest BCUT2D eigenvalue weighted by molar-refractivity contribution is -0.127. The smallest absolute Gasteiger partial charge is 0.243 e. The number of morpholine rings is 1. The Morgan fingerprint density at radius 1 is 1.28 bits per heavy atom. The maximum atomic E-state index is 11.8. The summed E-state index contributed by atoms with van der Waals surface area (Å²) in [5, 5.41) is 3.40. The van der Waals surface area contributed by atoms with Gasteiger partial charge in [-0.3, -0.25) is 9.69 Å². The molecule has 0 spiro atoms. The Morgan fingerprint density at radius 3 is 2.64 bits per heavy atom. The van der Waals surface area contributed by atoms with Gasteiger partial charge in [0, 0.05) is 53.4 Å². The van der Waals surface area contributed by atoms with Crippen molar-refractivity contribution in [2.75, 3.05) is 73.1 Å². The first-order valence-electron chi connectivity index (χ1n) is 9.13. The molecule has 0 aromatic carbocycles. The average Bonchev–Trinajstić information content (AvgIpc) is 3.03. The lowest BCUT2D eigenvalue weighted by atomic mass is 10.1. The number of rotatable bonds is 6. The van der Waals surface area contributed by atoms with Crippen molar-refractivity contribution in [1.29, 1.82) is 0 Å². The van der Waals surface area contributed by atoms with Crippen LogP contribution in [0.3, 0.4) is 0 Å². The summed E-state index contributed by atoms with van der Waals surface area (Å²) in [5.74, 6) is 1.59. The Kier molecular flexibility index (Phi) is 10.7. The van der Waals surface area contributed by atoms with Gasteiger partial charge in [-0.05, 0) is 18.8 Å². The molecule has 2 aliphatic heterocycles. The fourth-order valence-electron chi connectivity index (χ4n) is 3.11. The zero-order valence-electron chi connectivity index (χ0n) is 15.9. The molecule has 0 bridgehead atoms. The fraction of sp³-hybridized carbons (Fsp3) is 0.882. The number of halogens is 1. The van der Waals surface area contributed by atoms with Gasteiger partial charge in [-0.2, -0.15) is 0 Å². The van der Waals surface area contributed by atoms with Crippen LogP contribution in [0.25, 0.3) is 0 Å². The monoisotopic (exact) mass is 467 g/mol. The van der Waals surface area contributed by atoms with E-state index in [1.54, 1.807) is 19.0 Å². The summed E-state index contributed by atoms with van der Waals surface area (Å²) in [6.07, 6.45) is 2.23. The van der Waals surface area contributed by atoms with E-state index in [0.29, 0.717) is 5.92 Å². The largest absolute Gasteiger partial charge is 0.379 e. The number of guanidine groups is 1. The van der Waals surface area contributed by atoms with Gasteiger partial charge in [-0.15, -0.1) is 24.0 Å². The Hall–Kier alpha value is -0.610. The number of nitrogens with zero attached hydrogens (tertiary/aromatic N) is 4. The second kappa shape index (κ2) is 11.9. The van der Waals surface area contributed by atoms with Crippen LogP contribution in [-0.2, 0) is 9.53 Å². The van der Waals surface area contributed by atoms with Crippen LogP contribution in [0.5, 0.6) is 0 Å². The van der Waals surface area contributed by atoms with Crippen LogP contribution >= 0.6 is 24.0 Å². The molecule has 2 aliphatic rings. The van der Waals surface area contributed by atoms with Gasteiger partial charge in [-0.1, -0.05) is 6.92 Å². The molecule has 7 nitrogen and oxygen atoms in total. The molecule has 1 amide bonds. The van der Waals surface area contributed by atoms with Crippen molar-refractivity contribution < 1.29 is 9.53 Å². The van der Waals surface area contributed by atoms with Crippen molar-refractivity contribution in [2.45, 2.75) is 19.8 Å². The first kappa shape index (κ1) is 22.4. The molecule has 1 unspecified atom stereocenters. The van der Waals surface area contributed by atoms with E-state index in [1.807, 2.05) is 0 Å². The molecule has 0 aliphatic carbocycles. The quantitative estimate of drug-likeness (QED) is 0.354. The van der Waals surface area contributed by atoms with Crippen molar-refractivity contribution in [3.05, 3.63) is 0 Å². The maximum absolute atomic E-state index is 11.8. The van der Waals surface area contributed by atoms with Crippen molar-refractivity contribution in [1.82, 2.24) is 20.0 Å². The van der Waals surface area contributed by atoms with Gasteiger partial charge in [0.05, 0.1) is 13.2 Å². The minimum absolute atomic E-state index is 0. The van der Waals surface area contributed by atoms with Gasteiger partial charge < -0.3 is 19.9 Å². The minimum Gasteiger partial charge on any atom is -0.379 e. The summed E-state index contributed by atoms with van der Waals surface area (Å²) in [7, 11) is 3.54. The zero-order chi connectivity index (χ0) is 17.4. The van der Waals surface area contributed by atoms with E-state index < -0.39 is 0 Å². The van der Waals surface area contributed by atoms with Crippen molar-refractivity contribution in [2.24, 2.45) is 10.9 Å². The molecular formula is C17H34IN5O2. The zero-order valence-corrected chi connectivity index (χ0v) is 18.2. The van der Waals surface area contributed by atoms with Crippen LogP contribution in [0.15, 0.2) is 4.99 Å². The molecule has 146 valence electrons. The number of nitrogens with one attached hydrogen (secondary N) is 1. The number of carbonyl (C=O) groups is 1. The molecule has 2 saturated heterocycles.